The van der Waals surface area contributed by atoms with E-state index in [-0.39, 0.29) is 24.0 Å². The molecule has 0 atom stereocenters. The van der Waals surface area contributed by atoms with Crippen LogP contribution < -0.4 is 10.6 Å². The van der Waals surface area contributed by atoms with Gasteiger partial charge in [-0.05, 0) is 30.7 Å². The van der Waals surface area contributed by atoms with E-state index in [4.69, 9.17) is 0 Å². The number of nitrogens with one attached hydrogen (secondary N) is 2. The number of sulfone groups is 1. The predicted octanol–water partition coefficient (Wildman–Crippen LogP) is 1.70. The van der Waals surface area contributed by atoms with Gasteiger partial charge >= 0.3 is 0 Å². The summed E-state index contributed by atoms with van der Waals surface area (Å²) in [5, 5.41) is 10.6. The highest BCUT2D eigenvalue weighted by Crippen LogP contribution is 2.11. The minimum Gasteiger partial charge on any atom is -0.357 e. The first-order chi connectivity index (χ1) is 11.4. The third kappa shape index (κ3) is 6.65. The molecule has 0 radical (unpaired) electrons. The number of halogens is 1. The topological polar surface area (TPSA) is 88.4 Å². The van der Waals surface area contributed by atoms with E-state index in [0.29, 0.717) is 23.9 Å². The Labute approximate surface area is 165 Å². The van der Waals surface area contributed by atoms with Crippen LogP contribution in [-0.4, -0.2) is 37.0 Å². The van der Waals surface area contributed by atoms with Gasteiger partial charge in [0.25, 0.3) is 0 Å². The molecule has 138 valence electrons. The maximum absolute atomic E-state index is 11.5. The van der Waals surface area contributed by atoms with Crippen molar-refractivity contribution in [1.29, 1.82) is 0 Å². The fourth-order valence-corrected chi connectivity index (χ4v) is 2.73. The molecule has 0 aliphatic rings. The lowest BCUT2D eigenvalue weighted by Crippen LogP contribution is -2.37. The van der Waals surface area contributed by atoms with Gasteiger partial charge in [0.2, 0.25) is 0 Å². The van der Waals surface area contributed by atoms with E-state index in [9.17, 15) is 8.42 Å². The zero-order valence-electron chi connectivity index (χ0n) is 14.6. The van der Waals surface area contributed by atoms with Gasteiger partial charge in [0.15, 0.2) is 15.8 Å². The summed E-state index contributed by atoms with van der Waals surface area (Å²) in [6, 6.07) is 8.72. The number of nitrogens with zero attached hydrogens (tertiary/aromatic N) is 3. The third-order valence-corrected chi connectivity index (χ3v) is 4.60. The van der Waals surface area contributed by atoms with Crippen LogP contribution in [0.2, 0.25) is 0 Å². The molecular weight excluding hydrogens is 453 g/mol. The van der Waals surface area contributed by atoms with Gasteiger partial charge < -0.3 is 10.6 Å². The molecule has 1 heterocycles. The van der Waals surface area contributed by atoms with Gasteiger partial charge in [0, 0.05) is 26.0 Å². The molecule has 2 rings (SSSR count). The van der Waals surface area contributed by atoms with E-state index in [1.165, 1.54) is 6.26 Å². The van der Waals surface area contributed by atoms with Gasteiger partial charge in [0.05, 0.1) is 23.7 Å². The Morgan fingerprint density at radius 2 is 1.88 bits per heavy atom. The van der Waals surface area contributed by atoms with Crippen LogP contribution in [0.5, 0.6) is 0 Å². The first kappa shape index (κ1) is 21.4. The Morgan fingerprint density at radius 3 is 2.40 bits per heavy atom. The number of hydrogen-bond acceptors (Lipinski definition) is 4. The summed E-state index contributed by atoms with van der Waals surface area (Å²) in [6.07, 6.45) is 2.95. The van der Waals surface area contributed by atoms with Gasteiger partial charge in [0.1, 0.15) is 0 Å². The summed E-state index contributed by atoms with van der Waals surface area (Å²) in [5.74, 6) is 0.700. The van der Waals surface area contributed by atoms with E-state index in [2.05, 4.69) is 20.7 Å². The van der Waals surface area contributed by atoms with Crippen molar-refractivity contribution in [3.63, 3.8) is 0 Å². The summed E-state index contributed by atoms with van der Waals surface area (Å²) < 4.78 is 24.7. The Hall–Kier alpha value is -1.62. The van der Waals surface area contributed by atoms with Crippen molar-refractivity contribution < 1.29 is 8.42 Å². The van der Waals surface area contributed by atoms with Crippen molar-refractivity contribution in [2.45, 2.75) is 24.9 Å². The molecule has 1 aromatic heterocycles. The Bertz CT molecular complexity index is 800. The van der Waals surface area contributed by atoms with Crippen LogP contribution >= 0.6 is 24.0 Å². The monoisotopic (exact) mass is 477 g/mol. The van der Waals surface area contributed by atoms with Crippen molar-refractivity contribution in [1.82, 2.24) is 20.4 Å². The van der Waals surface area contributed by atoms with Crippen molar-refractivity contribution in [3.8, 4) is 0 Å². The van der Waals surface area contributed by atoms with Gasteiger partial charge in [-0.2, -0.15) is 5.10 Å². The van der Waals surface area contributed by atoms with Gasteiger partial charge in [-0.25, -0.2) is 13.4 Å². The number of guanidine groups is 1. The Kier molecular flexibility index (Phi) is 8.36. The van der Waals surface area contributed by atoms with Crippen LogP contribution in [-0.2, 0) is 30.0 Å². The first-order valence-electron chi connectivity index (χ1n) is 7.68. The van der Waals surface area contributed by atoms with E-state index in [1.807, 2.05) is 20.0 Å². The Balaban J connectivity index is 0.00000312. The smallest absolute Gasteiger partial charge is 0.191 e. The third-order valence-electron chi connectivity index (χ3n) is 3.47. The van der Waals surface area contributed by atoms with Crippen LogP contribution in [0, 0.1) is 0 Å². The van der Waals surface area contributed by atoms with Crippen molar-refractivity contribution in [2.24, 2.45) is 12.0 Å². The minimum atomic E-state index is -3.17. The van der Waals surface area contributed by atoms with Crippen LogP contribution in [0.1, 0.15) is 18.2 Å². The molecule has 0 saturated carbocycles. The quantitative estimate of drug-likeness (QED) is 0.376. The molecule has 1 aromatic carbocycles. The number of aryl methyl sites for hydroxylation is 1. The number of aromatic nitrogens is 2. The largest absolute Gasteiger partial charge is 0.357 e. The highest BCUT2D eigenvalue weighted by Gasteiger charge is 2.06. The van der Waals surface area contributed by atoms with Gasteiger partial charge in [-0.1, -0.05) is 12.1 Å². The molecule has 0 spiro atoms. The van der Waals surface area contributed by atoms with Crippen molar-refractivity contribution in [2.75, 3.05) is 12.8 Å². The molecule has 0 fully saturated rings. The average Bonchev–Trinajstić information content (AvgIpc) is 2.95. The van der Waals surface area contributed by atoms with Crippen LogP contribution in [0.25, 0.3) is 0 Å². The number of aliphatic imine (C=N–C) groups is 1. The molecule has 7 nitrogen and oxygen atoms in total. The highest BCUT2D eigenvalue weighted by atomic mass is 127. The number of benzene rings is 1. The number of hydrogen-bond donors (Lipinski definition) is 2. The summed E-state index contributed by atoms with van der Waals surface area (Å²) >= 11 is 0. The van der Waals surface area contributed by atoms with Crippen LogP contribution in [0.3, 0.4) is 0 Å². The lowest BCUT2D eigenvalue weighted by molar-refractivity contribution is 0.602. The van der Waals surface area contributed by atoms with Crippen molar-refractivity contribution >= 4 is 39.8 Å². The second-order valence-electron chi connectivity index (χ2n) is 5.41. The molecule has 25 heavy (non-hydrogen) atoms. The molecule has 0 aliphatic carbocycles. The summed E-state index contributed by atoms with van der Waals surface area (Å²) in [6.45, 7) is 3.84. The molecule has 9 heteroatoms. The summed E-state index contributed by atoms with van der Waals surface area (Å²) in [4.78, 5) is 4.84. The second-order valence-corrected chi connectivity index (χ2v) is 7.43. The fourth-order valence-electron chi connectivity index (χ4n) is 2.10. The normalized spacial score (nSPS) is 11.7. The maximum atomic E-state index is 11.5. The molecule has 0 aliphatic heterocycles. The molecule has 2 aromatic rings. The van der Waals surface area contributed by atoms with E-state index in [0.717, 1.165) is 17.8 Å². The Morgan fingerprint density at radius 1 is 1.20 bits per heavy atom. The zero-order valence-corrected chi connectivity index (χ0v) is 17.7. The molecular formula is C16H24IN5O2S. The number of rotatable bonds is 6. The van der Waals surface area contributed by atoms with E-state index < -0.39 is 9.84 Å². The maximum Gasteiger partial charge on any atom is 0.191 e. The van der Waals surface area contributed by atoms with E-state index >= 15 is 0 Å². The van der Waals surface area contributed by atoms with Crippen LogP contribution in [0.15, 0.2) is 46.4 Å². The van der Waals surface area contributed by atoms with Gasteiger partial charge in [-0.3, -0.25) is 4.68 Å². The first-order valence-corrected chi connectivity index (χ1v) is 9.57. The zero-order chi connectivity index (χ0) is 17.6. The molecule has 0 unspecified atom stereocenters. The standard InChI is InChI=1S/C16H23N5O2S.HI/c1-4-17-16(19-12-14-9-10-20-21(14)2)18-11-13-5-7-15(8-6-13)24(3,22)23;/h5-10H,4,11-12H2,1-3H3,(H2,17,18,19);1H. The molecule has 0 bridgehead atoms. The summed E-state index contributed by atoms with van der Waals surface area (Å²) in [7, 11) is -1.27. The summed E-state index contributed by atoms with van der Waals surface area (Å²) in [5.41, 5.74) is 2.00. The predicted molar refractivity (Wildman–Crippen MR) is 110 cm³/mol. The SMILES string of the molecule is CCNC(=NCc1ccc(S(C)(=O)=O)cc1)NCc1ccnn1C.I. The lowest BCUT2D eigenvalue weighted by Gasteiger charge is -2.11. The van der Waals surface area contributed by atoms with E-state index in [1.54, 1.807) is 35.1 Å². The lowest BCUT2D eigenvalue weighted by atomic mass is 10.2. The van der Waals surface area contributed by atoms with Gasteiger partial charge in [-0.15, -0.1) is 24.0 Å². The van der Waals surface area contributed by atoms with Crippen LogP contribution in [0.4, 0.5) is 0 Å². The second kappa shape index (κ2) is 9.76. The molecule has 0 amide bonds. The minimum absolute atomic E-state index is 0. The molecule has 2 N–H and O–H groups in total. The average molecular weight is 477 g/mol. The van der Waals surface area contributed by atoms with Crippen molar-refractivity contribution in [3.05, 3.63) is 47.8 Å². The molecule has 0 saturated heterocycles. The highest BCUT2D eigenvalue weighted by molar-refractivity contribution is 14.0. The fraction of sp³-hybridized carbons (Fsp3) is 0.375.